The Kier molecular flexibility index (Phi) is 4.01. The van der Waals surface area contributed by atoms with Crippen LogP contribution in [-0.2, 0) is 7.05 Å². The highest BCUT2D eigenvalue weighted by Crippen LogP contribution is 2.30. The Morgan fingerprint density at radius 3 is 3.00 bits per heavy atom. The van der Waals surface area contributed by atoms with Gasteiger partial charge < -0.3 is 10.0 Å². The van der Waals surface area contributed by atoms with E-state index in [1.165, 1.54) is 0 Å². The number of carbonyl (C=O) groups is 1. The van der Waals surface area contributed by atoms with Crippen molar-refractivity contribution in [3.63, 3.8) is 0 Å². The third kappa shape index (κ3) is 2.27. The monoisotopic (exact) mass is 251 g/mol. The minimum atomic E-state index is 0.231. The van der Waals surface area contributed by atoms with E-state index in [9.17, 15) is 4.79 Å². The van der Waals surface area contributed by atoms with E-state index in [2.05, 4.69) is 10.00 Å². The van der Waals surface area contributed by atoms with Crippen LogP contribution in [0.2, 0.25) is 0 Å². The molecule has 5 heteroatoms. The fourth-order valence-electron chi connectivity index (χ4n) is 2.88. The third-order valence-electron chi connectivity index (χ3n) is 3.70. The molecule has 2 heterocycles. The number of anilines is 1. The zero-order chi connectivity index (χ0) is 13.1. The highest BCUT2D eigenvalue weighted by atomic mass is 16.2. The topological polar surface area (TPSA) is 58.4 Å². The van der Waals surface area contributed by atoms with Crippen LogP contribution in [0.1, 0.15) is 41.7 Å². The van der Waals surface area contributed by atoms with Gasteiger partial charge in [0.15, 0.2) is 6.29 Å². The highest BCUT2D eigenvalue weighted by Gasteiger charge is 2.29. The standard InChI is InChI=1S/C13H21N3O2/c1-10-12(9-18)13(15(2)14-10)16-7-3-5-11(16)6-4-8-17/h9,11,17H,3-8H2,1-2H3. The van der Waals surface area contributed by atoms with Gasteiger partial charge in [-0.25, -0.2) is 0 Å². The van der Waals surface area contributed by atoms with Gasteiger partial charge in [-0.05, 0) is 32.6 Å². The van der Waals surface area contributed by atoms with Crippen molar-refractivity contribution >= 4 is 12.1 Å². The Hall–Kier alpha value is -1.36. The van der Waals surface area contributed by atoms with Gasteiger partial charge in [-0.1, -0.05) is 0 Å². The molecule has 1 aromatic rings. The first-order valence-corrected chi connectivity index (χ1v) is 6.55. The second-order valence-electron chi connectivity index (χ2n) is 4.92. The van der Waals surface area contributed by atoms with Crippen molar-refractivity contribution in [2.45, 2.75) is 38.6 Å². The molecule has 0 aliphatic carbocycles. The summed E-state index contributed by atoms with van der Waals surface area (Å²) >= 11 is 0. The second kappa shape index (κ2) is 5.52. The predicted octanol–water partition coefficient (Wildman–Crippen LogP) is 1.28. The van der Waals surface area contributed by atoms with Gasteiger partial charge in [0, 0.05) is 26.2 Å². The first-order valence-electron chi connectivity index (χ1n) is 6.55. The maximum Gasteiger partial charge on any atom is 0.155 e. The first kappa shape index (κ1) is 13.1. The van der Waals surface area contributed by atoms with Crippen LogP contribution < -0.4 is 4.90 Å². The van der Waals surface area contributed by atoms with Gasteiger partial charge in [-0.3, -0.25) is 9.48 Å². The van der Waals surface area contributed by atoms with Crippen LogP contribution >= 0.6 is 0 Å². The number of aromatic nitrogens is 2. The quantitative estimate of drug-likeness (QED) is 0.801. The number of aliphatic hydroxyl groups is 1. The Labute approximate surface area is 107 Å². The molecular formula is C13H21N3O2. The maximum absolute atomic E-state index is 11.2. The summed E-state index contributed by atoms with van der Waals surface area (Å²) in [6.45, 7) is 3.07. The molecule has 1 aromatic heterocycles. The molecule has 2 rings (SSSR count). The van der Waals surface area contributed by atoms with Crippen LogP contribution in [-0.4, -0.2) is 40.4 Å². The van der Waals surface area contributed by atoms with Crippen LogP contribution in [0.25, 0.3) is 0 Å². The molecule has 100 valence electrons. The molecule has 0 radical (unpaired) electrons. The highest BCUT2D eigenvalue weighted by molar-refractivity contribution is 5.85. The van der Waals surface area contributed by atoms with Gasteiger partial charge in [0.2, 0.25) is 0 Å². The van der Waals surface area contributed by atoms with Crippen LogP contribution in [0.5, 0.6) is 0 Å². The van der Waals surface area contributed by atoms with Crippen LogP contribution in [0.3, 0.4) is 0 Å². The SMILES string of the molecule is Cc1nn(C)c(N2CCCC2CCCO)c1C=O. The molecule has 5 nitrogen and oxygen atoms in total. The van der Waals surface area contributed by atoms with Gasteiger partial charge in [-0.2, -0.15) is 5.10 Å². The summed E-state index contributed by atoms with van der Waals surface area (Å²) in [7, 11) is 1.89. The molecule has 0 spiro atoms. The molecular weight excluding hydrogens is 230 g/mol. The molecule has 1 unspecified atom stereocenters. The fraction of sp³-hybridized carbons (Fsp3) is 0.692. The van der Waals surface area contributed by atoms with E-state index in [1.54, 1.807) is 4.68 Å². The third-order valence-corrected chi connectivity index (χ3v) is 3.70. The summed E-state index contributed by atoms with van der Waals surface area (Å²) in [5, 5.41) is 13.3. The molecule has 0 bridgehead atoms. The van der Waals surface area contributed by atoms with Crippen molar-refractivity contribution in [1.82, 2.24) is 9.78 Å². The van der Waals surface area contributed by atoms with Crippen LogP contribution in [0, 0.1) is 6.92 Å². The Morgan fingerprint density at radius 2 is 2.33 bits per heavy atom. The molecule has 1 fully saturated rings. The van der Waals surface area contributed by atoms with Crippen molar-refractivity contribution in [3.05, 3.63) is 11.3 Å². The number of hydrogen-bond acceptors (Lipinski definition) is 4. The summed E-state index contributed by atoms with van der Waals surface area (Å²) in [4.78, 5) is 13.5. The zero-order valence-electron chi connectivity index (χ0n) is 11.1. The van der Waals surface area contributed by atoms with Crippen molar-refractivity contribution in [1.29, 1.82) is 0 Å². The summed E-state index contributed by atoms with van der Waals surface area (Å²) in [5.74, 6) is 0.933. The Balaban J connectivity index is 2.26. The van der Waals surface area contributed by atoms with Crippen LogP contribution in [0.15, 0.2) is 0 Å². The Bertz CT molecular complexity index is 428. The van der Waals surface area contributed by atoms with Crippen molar-refractivity contribution < 1.29 is 9.90 Å². The average Bonchev–Trinajstić information content (AvgIpc) is 2.90. The number of aldehydes is 1. The van der Waals surface area contributed by atoms with E-state index in [0.717, 1.165) is 50.0 Å². The van der Waals surface area contributed by atoms with E-state index in [0.29, 0.717) is 11.6 Å². The van der Waals surface area contributed by atoms with Gasteiger partial charge in [0.05, 0.1) is 11.3 Å². The molecule has 0 aromatic carbocycles. The molecule has 0 amide bonds. The van der Waals surface area contributed by atoms with Gasteiger partial charge in [-0.15, -0.1) is 0 Å². The zero-order valence-corrected chi connectivity index (χ0v) is 11.1. The first-order chi connectivity index (χ1) is 8.69. The predicted molar refractivity (Wildman–Crippen MR) is 70.0 cm³/mol. The maximum atomic E-state index is 11.2. The van der Waals surface area contributed by atoms with E-state index >= 15 is 0 Å². The van der Waals surface area contributed by atoms with Gasteiger partial charge in [0.1, 0.15) is 5.82 Å². The summed E-state index contributed by atoms with van der Waals surface area (Å²) < 4.78 is 1.80. The number of aryl methyl sites for hydroxylation is 2. The number of nitrogens with zero attached hydrogens (tertiary/aromatic N) is 3. The minimum absolute atomic E-state index is 0.231. The lowest BCUT2D eigenvalue weighted by molar-refractivity contribution is 0.112. The molecule has 1 aliphatic rings. The summed E-state index contributed by atoms with van der Waals surface area (Å²) in [6, 6.07) is 0.422. The van der Waals surface area contributed by atoms with E-state index < -0.39 is 0 Å². The number of hydrogen-bond donors (Lipinski definition) is 1. The molecule has 1 saturated heterocycles. The fourth-order valence-corrected chi connectivity index (χ4v) is 2.88. The van der Waals surface area contributed by atoms with E-state index in [1.807, 2.05) is 14.0 Å². The lowest BCUT2D eigenvalue weighted by atomic mass is 10.1. The lowest BCUT2D eigenvalue weighted by Gasteiger charge is -2.27. The normalized spacial score (nSPS) is 19.5. The van der Waals surface area contributed by atoms with Crippen molar-refractivity contribution in [3.8, 4) is 0 Å². The second-order valence-corrected chi connectivity index (χ2v) is 4.92. The number of carbonyl (C=O) groups excluding carboxylic acids is 1. The average molecular weight is 251 g/mol. The largest absolute Gasteiger partial charge is 0.396 e. The Morgan fingerprint density at radius 1 is 1.56 bits per heavy atom. The van der Waals surface area contributed by atoms with Gasteiger partial charge >= 0.3 is 0 Å². The molecule has 1 aliphatic heterocycles. The lowest BCUT2D eigenvalue weighted by Crippen LogP contribution is -2.31. The van der Waals surface area contributed by atoms with Crippen molar-refractivity contribution in [2.24, 2.45) is 7.05 Å². The number of aliphatic hydroxyl groups excluding tert-OH is 1. The number of rotatable bonds is 5. The summed E-state index contributed by atoms with van der Waals surface area (Å²) in [5.41, 5.74) is 1.49. The molecule has 1 N–H and O–H groups in total. The van der Waals surface area contributed by atoms with Crippen molar-refractivity contribution in [2.75, 3.05) is 18.1 Å². The molecule has 1 atom stereocenters. The minimum Gasteiger partial charge on any atom is -0.396 e. The smallest absolute Gasteiger partial charge is 0.155 e. The van der Waals surface area contributed by atoms with E-state index in [-0.39, 0.29) is 6.61 Å². The summed E-state index contributed by atoms with van der Waals surface area (Å²) in [6.07, 6.45) is 4.95. The van der Waals surface area contributed by atoms with Crippen LogP contribution in [0.4, 0.5) is 5.82 Å². The van der Waals surface area contributed by atoms with Gasteiger partial charge in [0.25, 0.3) is 0 Å². The molecule has 0 saturated carbocycles. The van der Waals surface area contributed by atoms with E-state index in [4.69, 9.17) is 5.11 Å². The molecule has 18 heavy (non-hydrogen) atoms.